The van der Waals surface area contributed by atoms with Crippen molar-refractivity contribution in [2.24, 2.45) is 5.92 Å². The molecule has 1 N–H and O–H groups in total. The molecule has 3 nitrogen and oxygen atoms in total. The maximum atomic E-state index is 4.12. The third kappa shape index (κ3) is 3.58. The minimum absolute atomic E-state index is 0. The number of aromatic nitrogens is 1. The molecule has 5 heteroatoms. The highest BCUT2D eigenvalue weighted by molar-refractivity contribution is 5.85. The summed E-state index contributed by atoms with van der Waals surface area (Å²) >= 11 is 0. The molecule has 2 fully saturated rings. The Morgan fingerprint density at radius 1 is 1.11 bits per heavy atom. The van der Waals surface area contributed by atoms with Gasteiger partial charge in [0.25, 0.3) is 0 Å². The van der Waals surface area contributed by atoms with Crippen molar-refractivity contribution in [3.8, 4) is 0 Å². The molecule has 2 heterocycles. The second-order valence-corrected chi connectivity index (χ2v) is 4.85. The molecular formula is C13H21Cl2N3. The molecule has 102 valence electrons. The van der Waals surface area contributed by atoms with E-state index in [1.807, 2.05) is 12.4 Å². The lowest BCUT2D eigenvalue weighted by Gasteiger charge is -2.35. The Labute approximate surface area is 121 Å². The summed E-state index contributed by atoms with van der Waals surface area (Å²) in [6.45, 7) is 4.63. The van der Waals surface area contributed by atoms with Crippen LogP contribution in [-0.2, 0) is 0 Å². The van der Waals surface area contributed by atoms with E-state index in [2.05, 4.69) is 27.3 Å². The van der Waals surface area contributed by atoms with Crippen LogP contribution in [0.4, 0.5) is 0 Å². The van der Waals surface area contributed by atoms with Gasteiger partial charge in [0.05, 0.1) is 0 Å². The van der Waals surface area contributed by atoms with Crippen molar-refractivity contribution in [3.05, 3.63) is 30.1 Å². The third-order valence-electron chi connectivity index (χ3n) is 3.66. The second-order valence-electron chi connectivity index (χ2n) is 4.85. The molecule has 3 rings (SSSR count). The van der Waals surface area contributed by atoms with E-state index >= 15 is 0 Å². The minimum atomic E-state index is 0. The molecule has 1 aromatic rings. The lowest BCUT2D eigenvalue weighted by atomic mass is 10.0. The smallest absolute Gasteiger partial charge is 0.0378 e. The summed E-state index contributed by atoms with van der Waals surface area (Å²) in [5.41, 5.74) is 1.46. The van der Waals surface area contributed by atoms with Gasteiger partial charge >= 0.3 is 0 Å². The van der Waals surface area contributed by atoms with Gasteiger partial charge in [-0.2, -0.15) is 0 Å². The highest BCUT2D eigenvalue weighted by Crippen LogP contribution is 2.44. The van der Waals surface area contributed by atoms with E-state index in [1.54, 1.807) is 0 Å². The standard InChI is InChI=1S/C13H19N3.2ClH/c1-2-11(1)13(12-3-5-14-6-4-12)16-9-7-15-8-10-16;;/h3-6,11,13,15H,1-2,7-10H2;2*1H/t13-;;/m0../s1. The number of nitrogens with one attached hydrogen (secondary N) is 1. The summed E-state index contributed by atoms with van der Waals surface area (Å²) < 4.78 is 0. The molecule has 18 heavy (non-hydrogen) atoms. The van der Waals surface area contributed by atoms with Crippen molar-refractivity contribution in [1.82, 2.24) is 15.2 Å². The van der Waals surface area contributed by atoms with E-state index in [4.69, 9.17) is 0 Å². The number of hydrogen-bond donors (Lipinski definition) is 1. The van der Waals surface area contributed by atoms with Crippen LogP contribution in [0.1, 0.15) is 24.4 Å². The highest BCUT2D eigenvalue weighted by Gasteiger charge is 2.36. The van der Waals surface area contributed by atoms with Crippen LogP contribution in [0.2, 0.25) is 0 Å². The van der Waals surface area contributed by atoms with Gasteiger partial charge in [-0.1, -0.05) is 0 Å². The number of nitrogens with zero attached hydrogens (tertiary/aromatic N) is 2. The minimum Gasteiger partial charge on any atom is -0.314 e. The first-order valence-electron chi connectivity index (χ1n) is 6.30. The monoisotopic (exact) mass is 289 g/mol. The molecule has 0 amide bonds. The van der Waals surface area contributed by atoms with Gasteiger partial charge in [-0.15, -0.1) is 24.8 Å². The lowest BCUT2D eigenvalue weighted by molar-refractivity contribution is 0.156. The quantitative estimate of drug-likeness (QED) is 0.925. The van der Waals surface area contributed by atoms with Crippen molar-refractivity contribution in [2.75, 3.05) is 26.2 Å². The van der Waals surface area contributed by atoms with Crippen LogP contribution in [0.5, 0.6) is 0 Å². The van der Waals surface area contributed by atoms with Crippen molar-refractivity contribution in [1.29, 1.82) is 0 Å². The zero-order valence-corrected chi connectivity index (χ0v) is 12.1. The molecular weight excluding hydrogens is 269 g/mol. The molecule has 0 radical (unpaired) electrons. The number of rotatable bonds is 3. The van der Waals surface area contributed by atoms with Crippen molar-refractivity contribution >= 4 is 24.8 Å². The van der Waals surface area contributed by atoms with Crippen LogP contribution in [0.25, 0.3) is 0 Å². The fraction of sp³-hybridized carbons (Fsp3) is 0.615. The Morgan fingerprint density at radius 2 is 1.72 bits per heavy atom. The molecule has 1 atom stereocenters. The van der Waals surface area contributed by atoms with Crippen LogP contribution in [0, 0.1) is 5.92 Å². The van der Waals surface area contributed by atoms with Gasteiger partial charge in [-0.05, 0) is 36.5 Å². The van der Waals surface area contributed by atoms with Gasteiger partial charge in [0.2, 0.25) is 0 Å². The summed E-state index contributed by atoms with van der Waals surface area (Å²) in [5, 5.41) is 3.43. The number of pyridine rings is 1. The zero-order chi connectivity index (χ0) is 10.8. The van der Waals surface area contributed by atoms with Crippen LogP contribution in [0.15, 0.2) is 24.5 Å². The Balaban J connectivity index is 0.000000810. The lowest BCUT2D eigenvalue weighted by Crippen LogP contribution is -2.45. The normalized spacial score (nSPS) is 21.6. The molecule has 1 saturated carbocycles. The largest absolute Gasteiger partial charge is 0.314 e. The summed E-state index contributed by atoms with van der Waals surface area (Å²) in [6.07, 6.45) is 6.65. The molecule has 1 saturated heterocycles. The summed E-state index contributed by atoms with van der Waals surface area (Å²) in [6, 6.07) is 5.01. The second kappa shape index (κ2) is 7.29. The molecule has 0 aromatic carbocycles. The molecule has 0 spiro atoms. The van der Waals surface area contributed by atoms with E-state index in [1.165, 1.54) is 31.5 Å². The molecule has 0 bridgehead atoms. The Morgan fingerprint density at radius 3 is 2.28 bits per heavy atom. The van der Waals surface area contributed by atoms with E-state index in [-0.39, 0.29) is 24.8 Å². The van der Waals surface area contributed by atoms with E-state index < -0.39 is 0 Å². The van der Waals surface area contributed by atoms with Gasteiger partial charge in [-0.3, -0.25) is 9.88 Å². The number of halogens is 2. The SMILES string of the molecule is Cl.Cl.c1cc([C@H](C2CC2)N2CCNCC2)ccn1. The summed E-state index contributed by atoms with van der Waals surface area (Å²) in [5.74, 6) is 0.889. The number of piperazine rings is 1. The fourth-order valence-corrected chi connectivity index (χ4v) is 2.71. The molecule has 1 aromatic heterocycles. The predicted molar refractivity (Wildman–Crippen MR) is 78.6 cm³/mol. The van der Waals surface area contributed by atoms with Crippen molar-refractivity contribution < 1.29 is 0 Å². The first-order valence-corrected chi connectivity index (χ1v) is 6.30. The van der Waals surface area contributed by atoms with Gasteiger partial charge < -0.3 is 5.32 Å². The first-order chi connectivity index (χ1) is 7.95. The average Bonchev–Trinajstić information content (AvgIpc) is 3.17. The summed E-state index contributed by atoms with van der Waals surface area (Å²) in [4.78, 5) is 6.76. The first kappa shape index (κ1) is 15.7. The van der Waals surface area contributed by atoms with Crippen LogP contribution >= 0.6 is 24.8 Å². The third-order valence-corrected chi connectivity index (χ3v) is 3.66. The summed E-state index contributed by atoms with van der Waals surface area (Å²) in [7, 11) is 0. The predicted octanol–water partition coefficient (Wildman–Crippen LogP) is 2.28. The fourth-order valence-electron chi connectivity index (χ4n) is 2.71. The molecule has 1 aliphatic heterocycles. The van der Waals surface area contributed by atoms with Gasteiger partial charge in [0, 0.05) is 44.6 Å². The van der Waals surface area contributed by atoms with Gasteiger partial charge in [0.1, 0.15) is 0 Å². The van der Waals surface area contributed by atoms with E-state index in [0.29, 0.717) is 6.04 Å². The van der Waals surface area contributed by atoms with Crippen LogP contribution in [0.3, 0.4) is 0 Å². The van der Waals surface area contributed by atoms with Gasteiger partial charge in [-0.25, -0.2) is 0 Å². The highest BCUT2D eigenvalue weighted by atomic mass is 35.5. The Bertz CT molecular complexity index is 337. The molecule has 1 aliphatic carbocycles. The Kier molecular flexibility index (Phi) is 6.36. The molecule has 0 unspecified atom stereocenters. The van der Waals surface area contributed by atoms with E-state index in [0.717, 1.165) is 19.0 Å². The maximum absolute atomic E-state index is 4.12. The Hall–Kier alpha value is -0.350. The average molecular weight is 290 g/mol. The molecule has 2 aliphatic rings. The topological polar surface area (TPSA) is 28.2 Å². The van der Waals surface area contributed by atoms with Gasteiger partial charge in [0.15, 0.2) is 0 Å². The van der Waals surface area contributed by atoms with Crippen molar-refractivity contribution in [3.63, 3.8) is 0 Å². The van der Waals surface area contributed by atoms with Crippen LogP contribution < -0.4 is 5.32 Å². The maximum Gasteiger partial charge on any atom is 0.0378 e. The van der Waals surface area contributed by atoms with E-state index in [9.17, 15) is 0 Å². The number of hydrogen-bond acceptors (Lipinski definition) is 3. The van der Waals surface area contributed by atoms with Crippen LogP contribution in [-0.4, -0.2) is 36.1 Å². The van der Waals surface area contributed by atoms with Crippen molar-refractivity contribution in [2.45, 2.75) is 18.9 Å². The zero-order valence-electron chi connectivity index (χ0n) is 10.4.